The maximum atomic E-state index is 6.19. The zero-order valence-corrected chi connectivity index (χ0v) is 13.7. The summed E-state index contributed by atoms with van der Waals surface area (Å²) in [5.41, 5.74) is 3.23. The zero-order chi connectivity index (χ0) is 16.2. The van der Waals surface area contributed by atoms with Crippen molar-refractivity contribution in [3.05, 3.63) is 72.6 Å². The van der Waals surface area contributed by atoms with Crippen molar-refractivity contribution in [2.24, 2.45) is 0 Å². The quantitative estimate of drug-likeness (QED) is 0.589. The number of allylic oxidation sites excluding steroid dienone is 1. The Morgan fingerprint density at radius 1 is 1.13 bits per heavy atom. The summed E-state index contributed by atoms with van der Waals surface area (Å²) in [6, 6.07) is 18.1. The van der Waals surface area contributed by atoms with E-state index in [0.717, 1.165) is 41.1 Å². The van der Waals surface area contributed by atoms with Gasteiger partial charge >= 0.3 is 0 Å². The summed E-state index contributed by atoms with van der Waals surface area (Å²) < 4.78 is 8.41. The number of fused-ring (bicyclic) bond motifs is 1. The Kier molecular flexibility index (Phi) is 4.47. The molecule has 2 aromatic carbocycles. The van der Waals surface area contributed by atoms with Crippen LogP contribution in [-0.4, -0.2) is 9.55 Å². The van der Waals surface area contributed by atoms with Gasteiger partial charge in [0.25, 0.3) is 0 Å². The summed E-state index contributed by atoms with van der Waals surface area (Å²) in [5, 5.41) is 0. The van der Waals surface area contributed by atoms with Gasteiger partial charge in [0.2, 0.25) is 0 Å². The molecule has 1 heterocycles. The van der Waals surface area contributed by atoms with E-state index < -0.39 is 0 Å². The molecule has 3 rings (SSSR count). The van der Waals surface area contributed by atoms with Gasteiger partial charge < -0.3 is 9.30 Å². The molecule has 0 fully saturated rings. The lowest BCUT2D eigenvalue weighted by Crippen LogP contribution is -2.14. The van der Waals surface area contributed by atoms with Gasteiger partial charge in [-0.15, -0.1) is 0 Å². The van der Waals surface area contributed by atoms with Crippen LogP contribution in [0.5, 0.6) is 5.75 Å². The molecule has 0 bridgehead atoms. The van der Waals surface area contributed by atoms with Crippen LogP contribution in [-0.2, 0) is 6.54 Å². The van der Waals surface area contributed by atoms with E-state index in [2.05, 4.69) is 24.1 Å². The summed E-state index contributed by atoms with van der Waals surface area (Å²) in [5.74, 6) is 1.83. The van der Waals surface area contributed by atoms with Gasteiger partial charge in [-0.1, -0.05) is 49.4 Å². The minimum Gasteiger partial charge on any atom is -0.483 e. The Labute approximate surface area is 137 Å². The molecule has 23 heavy (non-hydrogen) atoms. The van der Waals surface area contributed by atoms with Gasteiger partial charge in [0, 0.05) is 6.54 Å². The number of para-hydroxylation sites is 3. The van der Waals surface area contributed by atoms with Crippen LogP contribution in [0.15, 0.2) is 66.7 Å². The first-order valence-electron chi connectivity index (χ1n) is 8.00. The maximum Gasteiger partial charge on any atom is 0.156 e. The lowest BCUT2D eigenvalue weighted by Gasteiger charge is -2.19. The number of benzene rings is 2. The molecule has 0 aliphatic rings. The highest BCUT2D eigenvalue weighted by Gasteiger charge is 2.20. The molecule has 3 nitrogen and oxygen atoms in total. The molecule has 0 N–H and O–H groups in total. The lowest BCUT2D eigenvalue weighted by atomic mass is 10.2. The van der Waals surface area contributed by atoms with Crippen LogP contribution in [0.3, 0.4) is 0 Å². The summed E-state index contributed by atoms with van der Waals surface area (Å²) in [4.78, 5) is 4.83. The van der Waals surface area contributed by atoms with Gasteiger partial charge in [-0.25, -0.2) is 4.98 Å². The van der Waals surface area contributed by atoms with Crippen LogP contribution in [0.2, 0.25) is 0 Å². The highest BCUT2D eigenvalue weighted by molar-refractivity contribution is 5.76. The molecule has 0 saturated heterocycles. The summed E-state index contributed by atoms with van der Waals surface area (Å²) in [6.45, 7) is 8.97. The van der Waals surface area contributed by atoms with Crippen LogP contribution in [0, 0.1) is 0 Å². The SMILES string of the molecule is C=C(C)Cn1c([C@H](CC)Oc2ccccc2)nc2ccccc21. The van der Waals surface area contributed by atoms with Gasteiger partial charge in [0.05, 0.1) is 11.0 Å². The second-order valence-electron chi connectivity index (χ2n) is 5.83. The van der Waals surface area contributed by atoms with Crippen molar-refractivity contribution in [1.29, 1.82) is 0 Å². The molecule has 0 aliphatic heterocycles. The van der Waals surface area contributed by atoms with Crippen molar-refractivity contribution in [2.45, 2.75) is 32.9 Å². The fourth-order valence-corrected chi connectivity index (χ4v) is 2.76. The normalized spacial score (nSPS) is 12.3. The number of nitrogens with zero attached hydrogens (tertiary/aromatic N) is 2. The Hall–Kier alpha value is -2.55. The summed E-state index contributed by atoms with van der Waals surface area (Å²) in [6.07, 6.45) is 0.776. The number of hydrogen-bond donors (Lipinski definition) is 0. The third kappa shape index (κ3) is 3.29. The fraction of sp³-hybridized carbons (Fsp3) is 0.250. The number of ether oxygens (including phenoxy) is 1. The van der Waals surface area contributed by atoms with Crippen molar-refractivity contribution < 1.29 is 4.74 Å². The van der Waals surface area contributed by atoms with E-state index in [9.17, 15) is 0 Å². The average Bonchev–Trinajstić information content (AvgIpc) is 2.92. The Balaban J connectivity index is 2.03. The van der Waals surface area contributed by atoms with Gasteiger partial charge in [0.1, 0.15) is 5.75 Å². The van der Waals surface area contributed by atoms with Crippen LogP contribution in [0.25, 0.3) is 11.0 Å². The molecule has 118 valence electrons. The average molecular weight is 306 g/mol. The highest BCUT2D eigenvalue weighted by Crippen LogP contribution is 2.28. The van der Waals surface area contributed by atoms with E-state index in [1.54, 1.807) is 0 Å². The standard InChI is InChI=1S/C20H22N2O/c1-4-19(23-16-10-6-5-7-11-16)20-21-17-12-8-9-13-18(17)22(20)14-15(2)3/h5-13,19H,2,4,14H2,1,3H3/t19-/m0/s1. The van der Waals surface area contributed by atoms with E-state index in [0.29, 0.717) is 0 Å². The second kappa shape index (κ2) is 6.69. The largest absolute Gasteiger partial charge is 0.483 e. The molecular formula is C20H22N2O. The third-order valence-electron chi connectivity index (χ3n) is 3.79. The van der Waals surface area contributed by atoms with Crippen LogP contribution in [0.4, 0.5) is 0 Å². The Morgan fingerprint density at radius 3 is 2.52 bits per heavy atom. The predicted molar refractivity (Wildman–Crippen MR) is 94.6 cm³/mol. The van der Waals surface area contributed by atoms with E-state index in [1.165, 1.54) is 0 Å². The van der Waals surface area contributed by atoms with E-state index >= 15 is 0 Å². The molecule has 3 aromatic rings. The summed E-state index contributed by atoms with van der Waals surface area (Å²) in [7, 11) is 0. The second-order valence-corrected chi connectivity index (χ2v) is 5.83. The van der Waals surface area contributed by atoms with Crippen LogP contribution >= 0.6 is 0 Å². The van der Waals surface area contributed by atoms with E-state index in [4.69, 9.17) is 9.72 Å². The smallest absolute Gasteiger partial charge is 0.156 e. The number of rotatable bonds is 6. The molecular weight excluding hydrogens is 284 g/mol. The number of imidazole rings is 1. The lowest BCUT2D eigenvalue weighted by molar-refractivity contribution is 0.187. The molecule has 1 atom stereocenters. The number of aromatic nitrogens is 2. The third-order valence-corrected chi connectivity index (χ3v) is 3.79. The predicted octanol–water partition coefficient (Wildman–Crippen LogP) is 5.14. The molecule has 0 spiro atoms. The first-order chi connectivity index (χ1) is 11.2. The fourth-order valence-electron chi connectivity index (χ4n) is 2.76. The zero-order valence-electron chi connectivity index (χ0n) is 13.7. The van der Waals surface area contributed by atoms with Crippen LogP contribution < -0.4 is 4.74 Å². The Morgan fingerprint density at radius 2 is 1.83 bits per heavy atom. The first kappa shape index (κ1) is 15.3. The van der Waals surface area contributed by atoms with Crippen molar-refractivity contribution in [3.8, 4) is 5.75 Å². The highest BCUT2D eigenvalue weighted by atomic mass is 16.5. The van der Waals surface area contributed by atoms with Gasteiger partial charge in [-0.3, -0.25) is 0 Å². The topological polar surface area (TPSA) is 27.1 Å². The molecule has 0 aliphatic carbocycles. The van der Waals surface area contributed by atoms with Gasteiger partial charge in [-0.05, 0) is 37.6 Å². The molecule has 0 saturated carbocycles. The monoisotopic (exact) mass is 306 g/mol. The van der Waals surface area contributed by atoms with E-state index in [-0.39, 0.29) is 6.10 Å². The minimum absolute atomic E-state index is 0.0795. The van der Waals surface area contributed by atoms with E-state index in [1.807, 2.05) is 55.5 Å². The molecule has 3 heteroatoms. The molecule has 1 aromatic heterocycles. The van der Waals surface area contributed by atoms with Crippen LogP contribution in [0.1, 0.15) is 32.2 Å². The molecule has 0 radical (unpaired) electrons. The summed E-state index contributed by atoms with van der Waals surface area (Å²) >= 11 is 0. The minimum atomic E-state index is -0.0795. The first-order valence-corrected chi connectivity index (χ1v) is 8.00. The molecule has 0 amide bonds. The van der Waals surface area contributed by atoms with Crippen molar-refractivity contribution in [1.82, 2.24) is 9.55 Å². The van der Waals surface area contributed by atoms with Gasteiger partial charge in [-0.2, -0.15) is 0 Å². The molecule has 0 unspecified atom stereocenters. The number of hydrogen-bond acceptors (Lipinski definition) is 2. The van der Waals surface area contributed by atoms with Crippen molar-refractivity contribution in [3.63, 3.8) is 0 Å². The van der Waals surface area contributed by atoms with Gasteiger partial charge in [0.15, 0.2) is 11.9 Å². The van der Waals surface area contributed by atoms with Crippen molar-refractivity contribution in [2.75, 3.05) is 0 Å². The van der Waals surface area contributed by atoms with Crippen molar-refractivity contribution >= 4 is 11.0 Å². The maximum absolute atomic E-state index is 6.19. The Bertz CT molecular complexity index is 805.